The summed E-state index contributed by atoms with van der Waals surface area (Å²) < 4.78 is 15.9. The first-order valence-corrected chi connectivity index (χ1v) is 12.4. The van der Waals surface area contributed by atoms with Gasteiger partial charge < -0.3 is 14.2 Å². The van der Waals surface area contributed by atoms with Gasteiger partial charge in [0, 0.05) is 6.42 Å². The number of esters is 1. The second-order valence-corrected chi connectivity index (χ2v) is 8.40. The molecule has 190 valence electrons. The highest BCUT2D eigenvalue weighted by Gasteiger charge is 2.13. The number of nitrogens with one attached hydrogen (secondary N) is 1. The van der Waals surface area contributed by atoms with Crippen molar-refractivity contribution in [1.29, 1.82) is 0 Å². The maximum absolute atomic E-state index is 12.4. The highest BCUT2D eigenvalue weighted by Crippen LogP contribution is 2.28. The number of rotatable bonds is 16. The Kier molecular flexibility index (Phi) is 13.0. The first-order valence-electron chi connectivity index (χ1n) is 12.4. The van der Waals surface area contributed by atoms with Gasteiger partial charge in [0.05, 0.1) is 26.0 Å². The molecule has 0 saturated carbocycles. The van der Waals surface area contributed by atoms with Crippen LogP contribution in [-0.2, 0) is 4.79 Å². The second-order valence-electron chi connectivity index (χ2n) is 8.40. The molecule has 35 heavy (non-hydrogen) atoms. The number of hydrogen-bond acceptors (Lipinski definition) is 6. The third kappa shape index (κ3) is 10.6. The van der Waals surface area contributed by atoms with Crippen molar-refractivity contribution in [3.8, 4) is 17.2 Å². The standard InChI is InChI=1S/C28H38N2O5/c1-4-5-6-7-8-9-10-11-12-13-27(31)30-29-21-22-14-19-25(26(20-22)34-3)35-28(32)23-15-17-24(33-2)18-16-23/h14-21H,4-13H2,1-3H3,(H,30,31)/b29-21-. The molecule has 0 radical (unpaired) electrons. The zero-order valence-corrected chi connectivity index (χ0v) is 21.2. The summed E-state index contributed by atoms with van der Waals surface area (Å²) in [5.41, 5.74) is 3.67. The van der Waals surface area contributed by atoms with Gasteiger partial charge in [-0.15, -0.1) is 0 Å². The largest absolute Gasteiger partial charge is 0.497 e. The summed E-state index contributed by atoms with van der Waals surface area (Å²) >= 11 is 0. The molecule has 0 aliphatic heterocycles. The minimum Gasteiger partial charge on any atom is -0.497 e. The Balaban J connectivity index is 1.75. The number of amides is 1. The summed E-state index contributed by atoms with van der Waals surface area (Å²) in [5.74, 6) is 0.733. The van der Waals surface area contributed by atoms with Crippen LogP contribution in [0.25, 0.3) is 0 Å². The molecular formula is C28H38N2O5. The van der Waals surface area contributed by atoms with Crippen molar-refractivity contribution in [2.45, 2.75) is 71.1 Å². The molecule has 2 rings (SSSR count). The Morgan fingerprint density at radius 1 is 0.829 bits per heavy atom. The second kappa shape index (κ2) is 16.3. The Bertz CT molecular complexity index is 941. The van der Waals surface area contributed by atoms with E-state index in [0.717, 1.165) is 12.8 Å². The summed E-state index contributed by atoms with van der Waals surface area (Å²) in [6.07, 6.45) is 12.9. The molecule has 7 nitrogen and oxygen atoms in total. The van der Waals surface area contributed by atoms with Crippen LogP contribution in [0.5, 0.6) is 17.2 Å². The molecule has 0 saturated heterocycles. The van der Waals surface area contributed by atoms with E-state index in [2.05, 4.69) is 17.5 Å². The molecule has 0 unspecified atom stereocenters. The quantitative estimate of drug-likeness (QED) is 0.0998. The lowest BCUT2D eigenvalue weighted by atomic mass is 10.1. The normalized spacial score (nSPS) is 10.8. The van der Waals surface area contributed by atoms with Crippen LogP contribution in [0.1, 0.15) is 87.1 Å². The van der Waals surface area contributed by atoms with E-state index in [1.165, 1.54) is 58.3 Å². The SMILES string of the molecule is CCCCCCCCCCCC(=O)N/N=C\c1ccc(OC(=O)c2ccc(OC)cc2)c(OC)c1. The van der Waals surface area contributed by atoms with Gasteiger partial charge >= 0.3 is 5.97 Å². The number of carbonyl (C=O) groups excluding carboxylic acids is 2. The van der Waals surface area contributed by atoms with E-state index in [-0.39, 0.29) is 5.91 Å². The minimum absolute atomic E-state index is 0.0961. The van der Waals surface area contributed by atoms with Crippen LogP contribution >= 0.6 is 0 Å². The van der Waals surface area contributed by atoms with E-state index >= 15 is 0 Å². The molecule has 1 N–H and O–H groups in total. The van der Waals surface area contributed by atoms with Gasteiger partial charge in [-0.05, 0) is 54.4 Å². The van der Waals surface area contributed by atoms with E-state index < -0.39 is 5.97 Å². The summed E-state index contributed by atoms with van der Waals surface area (Å²) in [7, 11) is 3.06. The third-order valence-corrected chi connectivity index (χ3v) is 5.63. The molecule has 7 heteroatoms. The fraction of sp³-hybridized carbons (Fsp3) is 0.464. The third-order valence-electron chi connectivity index (χ3n) is 5.63. The van der Waals surface area contributed by atoms with Crippen LogP contribution < -0.4 is 19.6 Å². The van der Waals surface area contributed by atoms with Crippen LogP contribution in [0.3, 0.4) is 0 Å². The van der Waals surface area contributed by atoms with Crippen LogP contribution in [0.15, 0.2) is 47.6 Å². The summed E-state index contributed by atoms with van der Waals surface area (Å²) in [5, 5.41) is 4.03. The Morgan fingerprint density at radius 3 is 2.11 bits per heavy atom. The van der Waals surface area contributed by atoms with Crippen LogP contribution in [0.2, 0.25) is 0 Å². The van der Waals surface area contributed by atoms with Crippen LogP contribution in [-0.4, -0.2) is 32.3 Å². The van der Waals surface area contributed by atoms with Crippen LogP contribution in [0, 0.1) is 0 Å². The molecule has 1 amide bonds. The Labute approximate surface area is 208 Å². The van der Waals surface area contributed by atoms with Gasteiger partial charge in [0.25, 0.3) is 0 Å². The summed E-state index contributed by atoms with van der Waals surface area (Å²) in [6, 6.07) is 11.7. The molecule has 0 aromatic heterocycles. The zero-order chi connectivity index (χ0) is 25.3. The van der Waals surface area contributed by atoms with E-state index in [0.29, 0.717) is 34.8 Å². The lowest BCUT2D eigenvalue weighted by Gasteiger charge is -2.10. The van der Waals surface area contributed by atoms with Gasteiger partial charge in [0.1, 0.15) is 5.75 Å². The average Bonchev–Trinajstić information content (AvgIpc) is 2.88. The van der Waals surface area contributed by atoms with Crippen molar-refractivity contribution < 1.29 is 23.8 Å². The first-order chi connectivity index (χ1) is 17.1. The van der Waals surface area contributed by atoms with Gasteiger partial charge in [-0.25, -0.2) is 10.2 Å². The predicted molar refractivity (Wildman–Crippen MR) is 139 cm³/mol. The topological polar surface area (TPSA) is 86.2 Å². The van der Waals surface area contributed by atoms with Crippen LogP contribution in [0.4, 0.5) is 0 Å². The molecule has 2 aromatic carbocycles. The number of nitrogens with zero attached hydrogens (tertiary/aromatic N) is 1. The zero-order valence-electron chi connectivity index (χ0n) is 21.2. The maximum atomic E-state index is 12.4. The molecule has 0 spiro atoms. The summed E-state index contributed by atoms with van der Waals surface area (Å²) in [4.78, 5) is 24.4. The van der Waals surface area contributed by atoms with Crippen molar-refractivity contribution in [2.75, 3.05) is 14.2 Å². The van der Waals surface area contributed by atoms with Crippen molar-refractivity contribution in [1.82, 2.24) is 5.43 Å². The molecule has 0 atom stereocenters. The Hall–Kier alpha value is -3.35. The molecule has 0 heterocycles. The minimum atomic E-state index is -0.504. The molecule has 0 bridgehead atoms. The predicted octanol–water partition coefficient (Wildman–Crippen LogP) is 6.29. The van der Waals surface area contributed by atoms with E-state index in [9.17, 15) is 9.59 Å². The number of unbranched alkanes of at least 4 members (excludes halogenated alkanes) is 8. The molecule has 0 aliphatic rings. The van der Waals surface area contributed by atoms with Crippen molar-refractivity contribution >= 4 is 18.1 Å². The number of hydrogen-bond donors (Lipinski definition) is 1. The number of carbonyl (C=O) groups is 2. The number of benzene rings is 2. The molecule has 2 aromatic rings. The fourth-order valence-corrected chi connectivity index (χ4v) is 3.57. The van der Waals surface area contributed by atoms with E-state index in [1.54, 1.807) is 49.6 Å². The Morgan fingerprint density at radius 2 is 1.49 bits per heavy atom. The molecular weight excluding hydrogens is 444 g/mol. The lowest BCUT2D eigenvalue weighted by molar-refractivity contribution is -0.121. The molecule has 0 fully saturated rings. The van der Waals surface area contributed by atoms with Gasteiger partial charge in [-0.2, -0.15) is 5.10 Å². The number of methoxy groups -OCH3 is 2. The van der Waals surface area contributed by atoms with E-state index in [1.807, 2.05) is 0 Å². The maximum Gasteiger partial charge on any atom is 0.343 e. The highest BCUT2D eigenvalue weighted by atomic mass is 16.6. The lowest BCUT2D eigenvalue weighted by Crippen LogP contribution is -2.16. The number of hydrazone groups is 1. The summed E-state index contributed by atoms with van der Waals surface area (Å²) in [6.45, 7) is 2.23. The molecule has 0 aliphatic carbocycles. The van der Waals surface area contributed by atoms with Gasteiger partial charge in [0.2, 0.25) is 5.91 Å². The fourth-order valence-electron chi connectivity index (χ4n) is 3.57. The number of ether oxygens (including phenoxy) is 3. The average molecular weight is 483 g/mol. The van der Waals surface area contributed by atoms with Gasteiger partial charge in [-0.3, -0.25) is 4.79 Å². The first kappa shape index (κ1) is 27.9. The van der Waals surface area contributed by atoms with Crippen molar-refractivity contribution in [3.05, 3.63) is 53.6 Å². The van der Waals surface area contributed by atoms with Gasteiger partial charge in [-0.1, -0.05) is 58.3 Å². The highest BCUT2D eigenvalue weighted by molar-refractivity contribution is 5.91. The van der Waals surface area contributed by atoms with E-state index in [4.69, 9.17) is 14.2 Å². The van der Waals surface area contributed by atoms with Crippen molar-refractivity contribution in [3.63, 3.8) is 0 Å². The van der Waals surface area contributed by atoms with Crippen molar-refractivity contribution in [2.24, 2.45) is 5.10 Å². The van der Waals surface area contributed by atoms with Gasteiger partial charge in [0.15, 0.2) is 11.5 Å². The monoisotopic (exact) mass is 482 g/mol. The smallest absolute Gasteiger partial charge is 0.343 e.